The fourth-order valence-electron chi connectivity index (χ4n) is 2.34. The van der Waals surface area contributed by atoms with E-state index in [-0.39, 0.29) is 24.3 Å². The number of amides is 2. The minimum absolute atomic E-state index is 0.0797. The predicted octanol–water partition coefficient (Wildman–Crippen LogP) is 1.32. The molecule has 0 aliphatic carbocycles. The van der Waals surface area contributed by atoms with Gasteiger partial charge in [-0.05, 0) is 24.3 Å². The second-order valence-electron chi connectivity index (χ2n) is 5.40. The highest BCUT2D eigenvalue weighted by molar-refractivity contribution is 5.95. The van der Waals surface area contributed by atoms with E-state index in [2.05, 4.69) is 20.8 Å². The predicted molar refractivity (Wildman–Crippen MR) is 92.7 cm³/mol. The number of carbonyl (C=O) groups excluding carboxylic acids is 2. The molecular weight excluding hydrogens is 320 g/mol. The quantitative estimate of drug-likeness (QED) is 0.625. The topological polar surface area (TPSA) is 104 Å². The normalized spacial score (nSPS) is 10.4. The van der Waals surface area contributed by atoms with Crippen LogP contribution < -0.4 is 16.4 Å². The van der Waals surface area contributed by atoms with E-state index in [1.807, 2.05) is 0 Å². The van der Waals surface area contributed by atoms with Crippen LogP contribution in [-0.4, -0.2) is 21.8 Å². The van der Waals surface area contributed by atoms with Gasteiger partial charge >= 0.3 is 0 Å². The van der Waals surface area contributed by atoms with Gasteiger partial charge in [-0.2, -0.15) is 0 Å². The van der Waals surface area contributed by atoms with Gasteiger partial charge < -0.3 is 4.98 Å². The van der Waals surface area contributed by atoms with Gasteiger partial charge in [0.25, 0.3) is 11.5 Å². The van der Waals surface area contributed by atoms with E-state index >= 15 is 0 Å². The van der Waals surface area contributed by atoms with Crippen LogP contribution in [0, 0.1) is 0 Å². The Labute approximate surface area is 143 Å². The van der Waals surface area contributed by atoms with Crippen molar-refractivity contribution in [2.24, 2.45) is 0 Å². The summed E-state index contributed by atoms with van der Waals surface area (Å²) in [5, 5.41) is 0.505. The fraction of sp³-hybridized carbons (Fsp3) is 0.111. The van der Waals surface area contributed by atoms with Crippen molar-refractivity contribution in [1.82, 2.24) is 20.8 Å². The molecule has 3 N–H and O–H groups in total. The Bertz CT molecular complexity index is 967. The molecule has 0 unspecified atom stereocenters. The molecule has 7 heteroatoms. The van der Waals surface area contributed by atoms with Gasteiger partial charge in [-0.3, -0.25) is 25.2 Å². The van der Waals surface area contributed by atoms with E-state index in [0.29, 0.717) is 22.3 Å². The van der Waals surface area contributed by atoms with Crippen LogP contribution in [0.15, 0.2) is 59.4 Å². The van der Waals surface area contributed by atoms with Crippen molar-refractivity contribution in [3.05, 3.63) is 76.3 Å². The molecule has 0 atom stereocenters. The summed E-state index contributed by atoms with van der Waals surface area (Å²) in [5.41, 5.74) is 5.48. The number of para-hydroxylation sites is 1. The standard InChI is InChI=1S/C18H16N4O3/c23-16(21-22-17(24)12-6-2-1-3-7-12)11-10-15-19-14-9-5-4-8-13(14)18(25)20-15/h1-9H,10-11H2,(H,21,23)(H,22,24)(H,19,20,25). The molecule has 3 rings (SSSR count). The molecule has 25 heavy (non-hydrogen) atoms. The lowest BCUT2D eigenvalue weighted by atomic mass is 10.2. The third-order valence-corrected chi connectivity index (χ3v) is 3.60. The summed E-state index contributed by atoms with van der Waals surface area (Å²) in [4.78, 5) is 42.6. The van der Waals surface area contributed by atoms with Crippen molar-refractivity contribution < 1.29 is 9.59 Å². The Balaban J connectivity index is 1.56. The molecule has 0 bridgehead atoms. The van der Waals surface area contributed by atoms with Gasteiger partial charge in [-0.25, -0.2) is 4.98 Å². The number of nitrogens with zero attached hydrogens (tertiary/aromatic N) is 1. The lowest BCUT2D eigenvalue weighted by Gasteiger charge is -2.07. The molecule has 2 aromatic carbocycles. The van der Waals surface area contributed by atoms with Crippen molar-refractivity contribution in [2.75, 3.05) is 0 Å². The van der Waals surface area contributed by atoms with Gasteiger partial charge in [0.05, 0.1) is 10.9 Å². The smallest absolute Gasteiger partial charge is 0.269 e. The lowest BCUT2D eigenvalue weighted by molar-refractivity contribution is -0.121. The first-order valence-electron chi connectivity index (χ1n) is 7.75. The molecule has 3 aromatic rings. The monoisotopic (exact) mass is 336 g/mol. The first-order chi connectivity index (χ1) is 12.1. The van der Waals surface area contributed by atoms with Crippen molar-refractivity contribution in [3.8, 4) is 0 Å². The minimum Gasteiger partial charge on any atom is -0.310 e. The molecule has 2 amide bonds. The van der Waals surface area contributed by atoms with Crippen LogP contribution in [0.2, 0.25) is 0 Å². The van der Waals surface area contributed by atoms with Gasteiger partial charge in [-0.15, -0.1) is 0 Å². The molecule has 0 fully saturated rings. The minimum atomic E-state index is -0.397. The number of benzene rings is 2. The van der Waals surface area contributed by atoms with Crippen LogP contribution in [0.4, 0.5) is 0 Å². The Kier molecular flexibility index (Phi) is 4.84. The number of rotatable bonds is 4. The van der Waals surface area contributed by atoms with Crippen molar-refractivity contribution in [1.29, 1.82) is 0 Å². The zero-order chi connectivity index (χ0) is 17.6. The van der Waals surface area contributed by atoms with Gasteiger partial charge in [0.15, 0.2) is 0 Å². The van der Waals surface area contributed by atoms with Gasteiger partial charge in [0, 0.05) is 18.4 Å². The number of hydrazine groups is 1. The lowest BCUT2D eigenvalue weighted by Crippen LogP contribution is -2.41. The number of aromatic amines is 1. The zero-order valence-electron chi connectivity index (χ0n) is 13.3. The molecule has 1 aromatic heterocycles. The van der Waals surface area contributed by atoms with Gasteiger partial charge in [0.2, 0.25) is 5.91 Å². The summed E-state index contributed by atoms with van der Waals surface area (Å²) in [6.07, 6.45) is 0.337. The number of H-pyrrole nitrogens is 1. The summed E-state index contributed by atoms with van der Waals surface area (Å²) < 4.78 is 0. The maximum atomic E-state index is 12.0. The molecule has 7 nitrogen and oxygen atoms in total. The van der Waals surface area contributed by atoms with Gasteiger partial charge in [0.1, 0.15) is 5.82 Å². The highest BCUT2D eigenvalue weighted by Crippen LogP contribution is 2.06. The average Bonchev–Trinajstić information content (AvgIpc) is 2.65. The van der Waals surface area contributed by atoms with E-state index in [4.69, 9.17) is 0 Å². The number of aromatic nitrogens is 2. The van der Waals surface area contributed by atoms with Crippen molar-refractivity contribution in [2.45, 2.75) is 12.8 Å². The van der Waals surface area contributed by atoms with Crippen LogP contribution in [-0.2, 0) is 11.2 Å². The van der Waals surface area contributed by atoms with Crippen molar-refractivity contribution >= 4 is 22.7 Å². The summed E-state index contributed by atoms with van der Waals surface area (Å²) in [6, 6.07) is 15.6. The summed E-state index contributed by atoms with van der Waals surface area (Å²) in [5.74, 6) is -0.348. The first-order valence-corrected chi connectivity index (χ1v) is 7.75. The summed E-state index contributed by atoms with van der Waals surface area (Å²) in [7, 11) is 0. The highest BCUT2D eigenvalue weighted by atomic mass is 16.2. The summed E-state index contributed by atoms with van der Waals surface area (Å²) >= 11 is 0. The Hall–Kier alpha value is -3.48. The first kappa shape index (κ1) is 16.4. The fourth-order valence-corrected chi connectivity index (χ4v) is 2.34. The van der Waals surface area contributed by atoms with E-state index in [0.717, 1.165) is 0 Å². The Morgan fingerprint density at radius 2 is 1.68 bits per heavy atom. The molecule has 0 spiro atoms. The maximum Gasteiger partial charge on any atom is 0.269 e. The molecule has 1 heterocycles. The molecule has 0 saturated heterocycles. The molecule has 0 saturated carbocycles. The Morgan fingerprint density at radius 1 is 0.960 bits per heavy atom. The maximum absolute atomic E-state index is 12.0. The summed E-state index contributed by atoms with van der Waals surface area (Å²) in [6.45, 7) is 0. The molecule has 0 aliphatic heterocycles. The van der Waals surface area contributed by atoms with Crippen LogP contribution in [0.3, 0.4) is 0 Å². The number of nitrogens with one attached hydrogen (secondary N) is 3. The highest BCUT2D eigenvalue weighted by Gasteiger charge is 2.09. The van der Waals surface area contributed by atoms with Crippen LogP contribution in [0.5, 0.6) is 0 Å². The largest absolute Gasteiger partial charge is 0.310 e. The van der Waals surface area contributed by atoms with E-state index in [1.54, 1.807) is 54.6 Å². The second-order valence-corrected chi connectivity index (χ2v) is 5.40. The van der Waals surface area contributed by atoms with Crippen LogP contribution >= 0.6 is 0 Å². The zero-order valence-corrected chi connectivity index (χ0v) is 13.3. The molecular formula is C18H16N4O3. The number of carbonyl (C=O) groups is 2. The number of hydrogen-bond acceptors (Lipinski definition) is 4. The van der Waals surface area contributed by atoms with E-state index in [1.165, 1.54) is 0 Å². The van der Waals surface area contributed by atoms with Crippen molar-refractivity contribution in [3.63, 3.8) is 0 Å². The van der Waals surface area contributed by atoms with E-state index in [9.17, 15) is 14.4 Å². The average molecular weight is 336 g/mol. The molecule has 126 valence electrons. The number of fused-ring (bicyclic) bond motifs is 1. The number of hydrogen-bond donors (Lipinski definition) is 3. The Morgan fingerprint density at radius 3 is 2.48 bits per heavy atom. The SMILES string of the molecule is O=C(CCc1nc2ccccc2c(=O)[nH]1)NNC(=O)c1ccccc1. The van der Waals surface area contributed by atoms with Gasteiger partial charge in [-0.1, -0.05) is 30.3 Å². The second kappa shape index (κ2) is 7.39. The van der Waals surface area contributed by atoms with E-state index < -0.39 is 5.91 Å². The van der Waals surface area contributed by atoms with Crippen LogP contribution in [0.1, 0.15) is 22.6 Å². The molecule has 0 radical (unpaired) electrons. The third kappa shape index (κ3) is 4.08. The molecule has 0 aliphatic rings. The third-order valence-electron chi connectivity index (χ3n) is 3.60. The number of aryl methyl sites for hydroxylation is 1. The van der Waals surface area contributed by atoms with Crippen LogP contribution in [0.25, 0.3) is 10.9 Å².